The molecule has 6 heteroatoms. The third kappa shape index (κ3) is 2.82. The van der Waals surface area contributed by atoms with Crippen LogP contribution in [-0.4, -0.2) is 19.9 Å². The van der Waals surface area contributed by atoms with Gasteiger partial charge in [-0.25, -0.2) is 4.68 Å². The second kappa shape index (κ2) is 6.73. The first-order chi connectivity index (χ1) is 13.7. The van der Waals surface area contributed by atoms with Crippen LogP contribution in [0.5, 0.6) is 0 Å². The molecule has 0 bridgehead atoms. The number of hydrogen-bond donors (Lipinski definition) is 1. The second-order valence-electron chi connectivity index (χ2n) is 6.73. The van der Waals surface area contributed by atoms with E-state index in [1.807, 2.05) is 72.8 Å². The SMILES string of the molecule is O=C(Nc1c2c(nn1-c1ccccc1)C[S@@](=O)C2)c1cccc2ccccc12. The normalized spacial score (nSPS) is 15.5. The molecule has 0 aliphatic carbocycles. The molecular formula is C22H17N3O2S. The van der Waals surface area contributed by atoms with E-state index in [1.54, 1.807) is 4.68 Å². The van der Waals surface area contributed by atoms with Gasteiger partial charge in [0.25, 0.3) is 5.91 Å². The van der Waals surface area contributed by atoms with Crippen molar-refractivity contribution in [2.24, 2.45) is 0 Å². The Morgan fingerprint density at radius 3 is 2.54 bits per heavy atom. The van der Waals surface area contributed by atoms with E-state index in [2.05, 4.69) is 10.4 Å². The van der Waals surface area contributed by atoms with Crippen molar-refractivity contribution < 1.29 is 9.00 Å². The summed E-state index contributed by atoms with van der Waals surface area (Å²) in [5.74, 6) is 1.24. The molecule has 5 nitrogen and oxygen atoms in total. The molecule has 1 atom stereocenters. The summed E-state index contributed by atoms with van der Waals surface area (Å²) in [5, 5.41) is 9.58. The maximum absolute atomic E-state index is 13.2. The minimum absolute atomic E-state index is 0.200. The summed E-state index contributed by atoms with van der Waals surface area (Å²) >= 11 is 0. The Labute approximate surface area is 164 Å². The molecule has 0 saturated carbocycles. The molecule has 0 fully saturated rings. The number of para-hydroxylation sites is 1. The lowest BCUT2D eigenvalue weighted by Gasteiger charge is -2.12. The fourth-order valence-electron chi connectivity index (χ4n) is 3.61. The number of nitrogens with one attached hydrogen (secondary N) is 1. The smallest absolute Gasteiger partial charge is 0.257 e. The van der Waals surface area contributed by atoms with Gasteiger partial charge in [0.05, 0.1) is 22.9 Å². The van der Waals surface area contributed by atoms with Crippen LogP contribution in [0.2, 0.25) is 0 Å². The Balaban J connectivity index is 1.60. The second-order valence-corrected chi connectivity index (χ2v) is 8.19. The Kier molecular flexibility index (Phi) is 4.06. The monoisotopic (exact) mass is 387 g/mol. The quantitative estimate of drug-likeness (QED) is 0.577. The third-order valence-electron chi connectivity index (χ3n) is 4.94. The van der Waals surface area contributed by atoms with Gasteiger partial charge in [0.15, 0.2) is 0 Å². The highest BCUT2D eigenvalue weighted by atomic mass is 32.2. The zero-order chi connectivity index (χ0) is 19.1. The summed E-state index contributed by atoms with van der Waals surface area (Å²) < 4.78 is 13.8. The van der Waals surface area contributed by atoms with Gasteiger partial charge in [-0.15, -0.1) is 0 Å². The highest BCUT2D eigenvalue weighted by Crippen LogP contribution is 2.32. The van der Waals surface area contributed by atoms with Gasteiger partial charge in [-0.2, -0.15) is 5.10 Å². The van der Waals surface area contributed by atoms with E-state index >= 15 is 0 Å². The topological polar surface area (TPSA) is 64.0 Å². The van der Waals surface area contributed by atoms with E-state index < -0.39 is 10.8 Å². The van der Waals surface area contributed by atoms with E-state index in [1.165, 1.54) is 0 Å². The van der Waals surface area contributed by atoms with Crippen molar-refractivity contribution in [2.75, 3.05) is 5.32 Å². The molecule has 1 aliphatic heterocycles. The van der Waals surface area contributed by atoms with Crippen LogP contribution >= 0.6 is 0 Å². The van der Waals surface area contributed by atoms with Crippen LogP contribution in [0, 0.1) is 0 Å². The largest absolute Gasteiger partial charge is 0.306 e. The number of benzene rings is 3. The molecule has 138 valence electrons. The maximum Gasteiger partial charge on any atom is 0.257 e. The minimum Gasteiger partial charge on any atom is -0.306 e. The summed E-state index contributed by atoms with van der Waals surface area (Å²) in [6.45, 7) is 0. The molecule has 1 amide bonds. The fraction of sp³-hybridized carbons (Fsp3) is 0.0909. The first kappa shape index (κ1) is 16.9. The Bertz CT molecular complexity index is 1230. The van der Waals surface area contributed by atoms with Crippen molar-refractivity contribution in [3.63, 3.8) is 0 Å². The lowest BCUT2D eigenvalue weighted by Crippen LogP contribution is -2.17. The Morgan fingerprint density at radius 1 is 0.929 bits per heavy atom. The Hall–Kier alpha value is -3.25. The van der Waals surface area contributed by atoms with Crippen LogP contribution in [0.4, 0.5) is 5.82 Å². The van der Waals surface area contributed by atoms with Crippen LogP contribution in [0.3, 0.4) is 0 Å². The molecule has 2 heterocycles. The van der Waals surface area contributed by atoms with Crippen molar-refractivity contribution in [3.8, 4) is 5.69 Å². The lowest BCUT2D eigenvalue weighted by atomic mass is 10.0. The van der Waals surface area contributed by atoms with Gasteiger partial charge in [0.1, 0.15) is 5.82 Å². The number of aromatic nitrogens is 2. The van der Waals surface area contributed by atoms with E-state index in [0.717, 1.165) is 27.7 Å². The number of nitrogens with zero attached hydrogens (tertiary/aromatic N) is 2. The van der Waals surface area contributed by atoms with Gasteiger partial charge in [-0.1, -0.05) is 54.6 Å². The van der Waals surface area contributed by atoms with Gasteiger partial charge in [0, 0.05) is 21.9 Å². The summed E-state index contributed by atoms with van der Waals surface area (Å²) in [7, 11) is -0.972. The first-order valence-corrected chi connectivity index (χ1v) is 10.5. The van der Waals surface area contributed by atoms with Crippen molar-refractivity contribution in [1.82, 2.24) is 9.78 Å². The van der Waals surface area contributed by atoms with Gasteiger partial charge >= 0.3 is 0 Å². The summed E-state index contributed by atoms with van der Waals surface area (Å²) in [6, 6.07) is 23.2. The molecule has 0 spiro atoms. The number of fused-ring (bicyclic) bond motifs is 2. The number of rotatable bonds is 3. The molecular weight excluding hydrogens is 370 g/mol. The van der Waals surface area contributed by atoms with Crippen LogP contribution in [0.1, 0.15) is 21.6 Å². The molecule has 1 aliphatic rings. The molecule has 3 aromatic carbocycles. The van der Waals surface area contributed by atoms with E-state index in [-0.39, 0.29) is 5.91 Å². The van der Waals surface area contributed by atoms with Crippen LogP contribution in [0.25, 0.3) is 16.5 Å². The van der Waals surface area contributed by atoms with E-state index in [0.29, 0.717) is 22.9 Å². The highest BCUT2D eigenvalue weighted by molar-refractivity contribution is 7.83. The number of carbonyl (C=O) groups excluding carboxylic acids is 1. The number of amides is 1. The summed E-state index contributed by atoms with van der Waals surface area (Å²) in [4.78, 5) is 13.2. The minimum atomic E-state index is -0.972. The molecule has 5 rings (SSSR count). The summed E-state index contributed by atoms with van der Waals surface area (Å²) in [5.41, 5.74) is 3.11. The average molecular weight is 387 g/mol. The molecule has 1 N–H and O–H groups in total. The fourth-order valence-corrected chi connectivity index (χ4v) is 4.87. The van der Waals surface area contributed by atoms with E-state index in [4.69, 9.17) is 0 Å². The molecule has 28 heavy (non-hydrogen) atoms. The standard InChI is InChI=1S/C22H17N3O2S/c26-22(18-12-6-8-15-7-4-5-11-17(15)18)23-21-19-13-28(27)14-20(19)24-25(21)16-9-2-1-3-10-16/h1-12H,13-14H2,(H,23,26)/t28-/m0/s1. The van der Waals surface area contributed by atoms with Crippen molar-refractivity contribution in [1.29, 1.82) is 0 Å². The van der Waals surface area contributed by atoms with Gasteiger partial charge in [-0.3, -0.25) is 9.00 Å². The number of carbonyl (C=O) groups is 1. The van der Waals surface area contributed by atoms with Gasteiger partial charge < -0.3 is 5.32 Å². The average Bonchev–Trinajstić information content (AvgIpc) is 3.25. The van der Waals surface area contributed by atoms with Crippen molar-refractivity contribution >= 4 is 33.3 Å². The zero-order valence-corrected chi connectivity index (χ0v) is 15.8. The molecule has 4 aromatic rings. The molecule has 0 saturated heterocycles. The van der Waals surface area contributed by atoms with Crippen molar-refractivity contribution in [2.45, 2.75) is 11.5 Å². The van der Waals surface area contributed by atoms with Gasteiger partial charge in [-0.05, 0) is 29.0 Å². The zero-order valence-electron chi connectivity index (χ0n) is 15.0. The van der Waals surface area contributed by atoms with Crippen LogP contribution in [-0.2, 0) is 22.3 Å². The predicted molar refractivity (Wildman–Crippen MR) is 111 cm³/mol. The molecule has 0 radical (unpaired) electrons. The first-order valence-electron chi connectivity index (χ1n) is 9.01. The molecule has 1 aromatic heterocycles. The molecule has 0 unspecified atom stereocenters. The maximum atomic E-state index is 13.2. The van der Waals surface area contributed by atoms with Crippen molar-refractivity contribution in [3.05, 3.63) is 89.6 Å². The third-order valence-corrected chi connectivity index (χ3v) is 6.14. The summed E-state index contributed by atoms with van der Waals surface area (Å²) in [6.07, 6.45) is 0. The van der Waals surface area contributed by atoms with Crippen LogP contribution in [0.15, 0.2) is 72.8 Å². The predicted octanol–water partition coefficient (Wildman–Crippen LogP) is 4.04. The number of anilines is 1. The highest BCUT2D eigenvalue weighted by Gasteiger charge is 2.28. The van der Waals surface area contributed by atoms with Gasteiger partial charge in [0.2, 0.25) is 0 Å². The number of hydrogen-bond acceptors (Lipinski definition) is 3. The van der Waals surface area contributed by atoms with E-state index in [9.17, 15) is 9.00 Å². The Morgan fingerprint density at radius 2 is 1.68 bits per heavy atom. The lowest BCUT2D eigenvalue weighted by molar-refractivity contribution is 0.102. The van der Waals surface area contributed by atoms with Crippen LogP contribution < -0.4 is 5.32 Å².